The Morgan fingerprint density at radius 3 is 2.43 bits per heavy atom. The monoisotopic (exact) mass is 418 g/mol. The molecule has 0 aliphatic carbocycles. The SMILES string of the molecule is CC(=O)Nc1ccc(Oc2ccc3ncc(-c4ccc(SC(C)C)cc4)n3n2)cc1. The van der Waals surface area contributed by atoms with Crippen molar-refractivity contribution in [2.45, 2.75) is 30.9 Å². The van der Waals surface area contributed by atoms with E-state index < -0.39 is 0 Å². The van der Waals surface area contributed by atoms with Gasteiger partial charge in [0.15, 0.2) is 5.65 Å². The first-order chi connectivity index (χ1) is 14.5. The van der Waals surface area contributed by atoms with Crippen molar-refractivity contribution in [1.29, 1.82) is 0 Å². The highest BCUT2D eigenvalue weighted by molar-refractivity contribution is 7.99. The molecule has 152 valence electrons. The van der Waals surface area contributed by atoms with Gasteiger partial charge in [0.05, 0.1) is 11.9 Å². The number of ether oxygens (including phenoxy) is 1. The molecule has 0 spiro atoms. The summed E-state index contributed by atoms with van der Waals surface area (Å²) >= 11 is 1.83. The number of imidazole rings is 1. The van der Waals surface area contributed by atoms with E-state index in [0.717, 1.165) is 16.9 Å². The largest absolute Gasteiger partial charge is 0.438 e. The van der Waals surface area contributed by atoms with E-state index in [0.29, 0.717) is 22.6 Å². The summed E-state index contributed by atoms with van der Waals surface area (Å²) in [6.07, 6.45) is 1.82. The van der Waals surface area contributed by atoms with Gasteiger partial charge in [0, 0.05) is 34.4 Å². The number of nitrogens with one attached hydrogen (secondary N) is 1. The second-order valence-electron chi connectivity index (χ2n) is 7.08. The summed E-state index contributed by atoms with van der Waals surface area (Å²) in [5, 5.41) is 7.88. The van der Waals surface area contributed by atoms with Crippen LogP contribution in [0.15, 0.2) is 71.8 Å². The maximum absolute atomic E-state index is 11.1. The number of carbonyl (C=O) groups is 1. The van der Waals surface area contributed by atoms with Gasteiger partial charge >= 0.3 is 0 Å². The van der Waals surface area contributed by atoms with E-state index in [1.807, 2.05) is 24.0 Å². The Hall–Kier alpha value is -3.32. The molecule has 0 aliphatic rings. The Morgan fingerprint density at radius 2 is 1.77 bits per heavy atom. The molecule has 0 fully saturated rings. The first-order valence-corrected chi connectivity index (χ1v) is 10.5. The number of aromatic nitrogens is 3. The van der Waals surface area contributed by atoms with Crippen molar-refractivity contribution in [3.05, 3.63) is 66.9 Å². The average molecular weight is 419 g/mol. The maximum atomic E-state index is 11.1. The summed E-state index contributed by atoms with van der Waals surface area (Å²) in [7, 11) is 0. The second-order valence-corrected chi connectivity index (χ2v) is 8.73. The molecule has 6 nitrogen and oxygen atoms in total. The van der Waals surface area contributed by atoms with Gasteiger partial charge in [0.25, 0.3) is 0 Å². The summed E-state index contributed by atoms with van der Waals surface area (Å²) in [5.74, 6) is 0.980. The molecule has 2 aromatic heterocycles. The first kappa shape index (κ1) is 20.0. The maximum Gasteiger partial charge on any atom is 0.237 e. The standard InChI is InChI=1S/C23H22N4O2S/c1-15(2)30-20-10-4-17(5-11-20)21-14-24-22-12-13-23(26-27(21)22)29-19-8-6-18(7-9-19)25-16(3)28/h4-15H,1-3H3,(H,25,28). The Labute approximate surface area is 179 Å². The lowest BCUT2D eigenvalue weighted by Gasteiger charge is -2.08. The molecule has 0 atom stereocenters. The van der Waals surface area contributed by atoms with Crippen LogP contribution < -0.4 is 10.1 Å². The van der Waals surface area contributed by atoms with Crippen LogP contribution in [0.4, 0.5) is 5.69 Å². The molecule has 2 heterocycles. The highest BCUT2D eigenvalue weighted by Crippen LogP contribution is 2.28. The zero-order chi connectivity index (χ0) is 21.1. The smallest absolute Gasteiger partial charge is 0.237 e. The average Bonchev–Trinajstić information content (AvgIpc) is 3.12. The minimum Gasteiger partial charge on any atom is -0.438 e. The van der Waals surface area contributed by atoms with E-state index in [1.165, 1.54) is 11.8 Å². The second kappa shape index (κ2) is 8.59. The number of hydrogen-bond donors (Lipinski definition) is 1. The number of benzene rings is 2. The number of rotatable bonds is 6. The third kappa shape index (κ3) is 4.63. The third-order valence-electron chi connectivity index (χ3n) is 4.26. The van der Waals surface area contributed by atoms with Gasteiger partial charge in [-0.2, -0.15) is 0 Å². The van der Waals surface area contributed by atoms with E-state index in [1.54, 1.807) is 34.8 Å². The summed E-state index contributed by atoms with van der Waals surface area (Å²) < 4.78 is 7.68. The molecule has 2 aromatic carbocycles. The van der Waals surface area contributed by atoms with E-state index >= 15 is 0 Å². The molecular formula is C23H22N4O2S. The van der Waals surface area contributed by atoms with Crippen LogP contribution in [0.1, 0.15) is 20.8 Å². The van der Waals surface area contributed by atoms with Gasteiger partial charge in [-0.25, -0.2) is 9.50 Å². The number of amides is 1. The van der Waals surface area contributed by atoms with Crippen LogP contribution >= 0.6 is 11.8 Å². The predicted octanol–water partition coefficient (Wildman–Crippen LogP) is 5.65. The molecule has 4 aromatic rings. The van der Waals surface area contributed by atoms with Gasteiger partial charge in [-0.05, 0) is 42.5 Å². The lowest BCUT2D eigenvalue weighted by atomic mass is 10.2. The summed E-state index contributed by atoms with van der Waals surface area (Å²) in [5.41, 5.74) is 3.41. The van der Waals surface area contributed by atoms with Gasteiger partial charge in [-0.3, -0.25) is 4.79 Å². The molecule has 0 unspecified atom stereocenters. The fraction of sp³-hybridized carbons (Fsp3) is 0.174. The van der Waals surface area contributed by atoms with Crippen molar-refractivity contribution in [2.75, 3.05) is 5.32 Å². The first-order valence-electron chi connectivity index (χ1n) is 9.65. The molecule has 0 radical (unpaired) electrons. The third-order valence-corrected chi connectivity index (χ3v) is 5.27. The lowest BCUT2D eigenvalue weighted by molar-refractivity contribution is -0.114. The molecular weight excluding hydrogens is 396 g/mol. The summed E-state index contributed by atoms with van der Waals surface area (Å²) in [6, 6.07) is 19.2. The van der Waals surface area contributed by atoms with Crippen LogP contribution in [0.3, 0.4) is 0 Å². The number of fused-ring (bicyclic) bond motifs is 1. The van der Waals surface area contributed by atoms with Crippen LogP contribution in [0.25, 0.3) is 16.9 Å². The van der Waals surface area contributed by atoms with Crippen LogP contribution in [0.2, 0.25) is 0 Å². The molecule has 0 bridgehead atoms. The Morgan fingerprint density at radius 1 is 1.03 bits per heavy atom. The number of hydrogen-bond acceptors (Lipinski definition) is 5. The minimum absolute atomic E-state index is 0.112. The van der Waals surface area contributed by atoms with Crippen molar-refractivity contribution >= 4 is 29.0 Å². The number of anilines is 1. The topological polar surface area (TPSA) is 68.5 Å². The normalized spacial score (nSPS) is 11.1. The Kier molecular flexibility index (Phi) is 5.72. The van der Waals surface area contributed by atoms with Crippen molar-refractivity contribution in [3.63, 3.8) is 0 Å². The van der Waals surface area contributed by atoms with Crippen molar-refractivity contribution in [3.8, 4) is 22.9 Å². The van der Waals surface area contributed by atoms with E-state index in [-0.39, 0.29) is 5.91 Å². The number of carbonyl (C=O) groups excluding carboxylic acids is 1. The summed E-state index contributed by atoms with van der Waals surface area (Å²) in [4.78, 5) is 16.8. The molecule has 4 rings (SSSR count). The highest BCUT2D eigenvalue weighted by Gasteiger charge is 2.10. The molecule has 0 aliphatic heterocycles. The van der Waals surface area contributed by atoms with Crippen molar-refractivity contribution in [1.82, 2.24) is 14.6 Å². The van der Waals surface area contributed by atoms with Crippen molar-refractivity contribution < 1.29 is 9.53 Å². The van der Waals surface area contributed by atoms with E-state index in [9.17, 15) is 4.79 Å². The van der Waals surface area contributed by atoms with Gasteiger partial charge in [0.2, 0.25) is 11.8 Å². The molecule has 1 amide bonds. The molecule has 30 heavy (non-hydrogen) atoms. The fourth-order valence-electron chi connectivity index (χ4n) is 3.01. The molecule has 0 saturated carbocycles. The number of nitrogens with zero attached hydrogens (tertiary/aromatic N) is 3. The quantitative estimate of drug-likeness (QED) is 0.410. The molecule has 0 saturated heterocycles. The van der Waals surface area contributed by atoms with Crippen LogP contribution in [-0.2, 0) is 4.79 Å². The van der Waals surface area contributed by atoms with Crippen molar-refractivity contribution in [2.24, 2.45) is 0 Å². The highest BCUT2D eigenvalue weighted by atomic mass is 32.2. The lowest BCUT2D eigenvalue weighted by Crippen LogP contribution is -2.05. The van der Waals surface area contributed by atoms with E-state index in [4.69, 9.17) is 4.74 Å². The Balaban J connectivity index is 1.57. The zero-order valence-electron chi connectivity index (χ0n) is 17.0. The van der Waals surface area contributed by atoms with Crippen LogP contribution in [0, 0.1) is 0 Å². The van der Waals surface area contributed by atoms with Gasteiger partial charge < -0.3 is 10.1 Å². The predicted molar refractivity (Wildman–Crippen MR) is 120 cm³/mol. The Bertz CT molecular complexity index is 1170. The fourth-order valence-corrected chi connectivity index (χ4v) is 3.85. The minimum atomic E-state index is -0.112. The number of thioether (sulfide) groups is 1. The zero-order valence-corrected chi connectivity index (χ0v) is 17.8. The molecule has 7 heteroatoms. The van der Waals surface area contributed by atoms with Gasteiger partial charge in [0.1, 0.15) is 5.75 Å². The van der Waals surface area contributed by atoms with E-state index in [2.05, 4.69) is 53.5 Å². The van der Waals surface area contributed by atoms with Crippen LogP contribution in [0.5, 0.6) is 11.6 Å². The molecule has 1 N–H and O–H groups in total. The van der Waals surface area contributed by atoms with Gasteiger partial charge in [-0.1, -0.05) is 26.0 Å². The van der Waals surface area contributed by atoms with Crippen LogP contribution in [-0.4, -0.2) is 25.8 Å². The van der Waals surface area contributed by atoms with Gasteiger partial charge in [-0.15, -0.1) is 16.9 Å². The summed E-state index contributed by atoms with van der Waals surface area (Å²) in [6.45, 7) is 5.84.